The topological polar surface area (TPSA) is 345 Å². The van der Waals surface area contributed by atoms with E-state index in [2.05, 4.69) is 77.9 Å². The van der Waals surface area contributed by atoms with Gasteiger partial charge in [0.15, 0.2) is 0 Å². The third kappa shape index (κ3) is 15.5. The zero-order chi connectivity index (χ0) is 72.6. The van der Waals surface area contributed by atoms with E-state index in [9.17, 15) is 65.0 Å². The Balaban J connectivity index is 0.000000180. The normalized spacial score (nSPS) is 30.7. The van der Waals surface area contributed by atoms with Crippen molar-refractivity contribution in [3.8, 4) is 22.6 Å². The molecule has 12 N–H and O–H groups in total. The van der Waals surface area contributed by atoms with Crippen LogP contribution in [0.2, 0.25) is 0 Å². The Kier molecular flexibility index (Phi) is 24.5. The van der Waals surface area contributed by atoms with E-state index in [1.165, 1.54) is 25.0 Å². The fraction of sp³-hybridized carbons (Fsp3) is 0.622. The summed E-state index contributed by atoms with van der Waals surface area (Å²) < 4.78 is 12.1. The zero-order valence-electron chi connectivity index (χ0n) is 59.1. The second kappa shape index (κ2) is 32.0. The van der Waals surface area contributed by atoms with E-state index >= 15 is 0 Å². The smallest absolute Gasteiger partial charge is 0.492 e. The molecule has 26 heteroatoms. The average Bonchev–Trinajstić information content (AvgIpc) is 0.778. The SMILES string of the molecule is COc1c(CN2O[C@@H](CO)[C@@H]([C@H](C)O)C2C(=O)N[C@H]2C[C@H]3CC([C@@H]2C)C3(C)C)cccc1B(O)O.COc1c(CN2O[C@@H](CO)[C@@H]([C@H](C)O)[C@H]2C(=O)N[C@H]2C[C@H]3CC([C@@H]2C)C3(C)C)cccc1-c1cc(C(=O)O)cc(N2CCC[C@@H]2CO)c1.O=C(O)c1cc(Br)cc(N2CCC[C@@H]2CO)c1. The highest BCUT2D eigenvalue weighted by Crippen LogP contribution is 2.62. The Bertz CT molecular complexity index is 3550. The number of nitrogens with one attached hydrogen (secondary N) is 2. The molecule has 4 heterocycles. The molecule has 24 nitrogen and oxygen atoms in total. The number of ether oxygens (including phenoxy) is 2. The number of para-hydroxylation sites is 2. The van der Waals surface area contributed by atoms with Gasteiger partial charge in [0.1, 0.15) is 35.8 Å². The van der Waals surface area contributed by atoms with E-state index < -0.39 is 67.4 Å². The molecule has 6 saturated carbocycles. The molecule has 2 amide bonds. The number of methoxy groups -OCH3 is 2. The van der Waals surface area contributed by atoms with Crippen molar-refractivity contribution in [2.45, 2.75) is 181 Å². The maximum Gasteiger partial charge on any atom is 0.492 e. The number of aliphatic hydroxyl groups is 6. The summed E-state index contributed by atoms with van der Waals surface area (Å²) in [4.78, 5) is 67.4. The van der Waals surface area contributed by atoms with Crippen LogP contribution in [0.3, 0.4) is 0 Å². The number of aromatic carboxylic acids is 2. The summed E-state index contributed by atoms with van der Waals surface area (Å²) in [5, 5.41) is 109. The molecule has 0 aromatic heterocycles. The molecule has 18 atom stereocenters. The summed E-state index contributed by atoms with van der Waals surface area (Å²) in [5.74, 6) is -0.0586. The summed E-state index contributed by atoms with van der Waals surface area (Å²) in [6.07, 6.45) is 4.61. The number of hydrogen-bond donors (Lipinski definition) is 12. The standard InChI is InChI=1S/C37H51N3O8.C25H39BN2O7.C12H14BrNO3/c1-20-29-15-25(37(29,3)4)16-30(20)38-35(44)33-32(21(2)43)31(19-42)48-40(33)17-22-8-6-10-28(34(22)47-5)23-12-24(36(45)46)14-27(13-23)39-11-7-9-26(39)18-41;1-13-17-9-16(25(17,3)4)10-19(13)27-24(31)22-21(14(2)30)20(12-29)35-28(22)11-15-7-6-8-18(26(32)33)23(15)34-5;13-9-4-8(12(16)17)5-11(6-9)14-3-1-2-10(14)7-15/h6,8,10,12-14,20-21,25-26,29-33,41-43H,7,9,11,15-19H2,1-5H3,(H,38,44)(H,45,46);6-8,13-14,16-17,19-22,29-30,32-33H,9-12H2,1-5H3,(H,27,31);4-6,10,15H,1-3,7H2,(H,16,17)/t20-,21-,25+,26+,29?,30-,31-,32+,33-;13-,14-,16+,17?,19-,20-,21+,22?;10-/m001/s1. The number of carbonyl (C=O) groups excluding carboxylic acids is 2. The van der Waals surface area contributed by atoms with Gasteiger partial charge in [0.05, 0.1) is 89.2 Å². The number of carboxylic acid groups (broad SMARTS) is 2. The molecule has 100 heavy (non-hydrogen) atoms. The average molecular weight is 1460 g/mol. The second-order valence-corrected chi connectivity index (χ2v) is 31.2. The highest BCUT2D eigenvalue weighted by molar-refractivity contribution is 9.10. The van der Waals surface area contributed by atoms with Crippen LogP contribution >= 0.6 is 15.9 Å². The number of halogens is 1. The number of rotatable bonds is 22. The third-order valence-electron chi connectivity index (χ3n) is 24.1. The minimum Gasteiger partial charge on any atom is -0.497 e. The lowest BCUT2D eigenvalue weighted by Gasteiger charge is -2.62. The lowest BCUT2D eigenvalue weighted by molar-refractivity contribution is -0.183. The Morgan fingerprint density at radius 1 is 0.620 bits per heavy atom. The number of hydrogen-bond acceptors (Lipinski definition) is 20. The minimum absolute atomic E-state index is 0.0168. The molecule has 10 aliphatic rings. The zero-order valence-corrected chi connectivity index (χ0v) is 60.7. The van der Waals surface area contributed by atoms with Crippen molar-refractivity contribution in [2.24, 2.45) is 58.2 Å². The van der Waals surface area contributed by atoms with Crippen LogP contribution in [0.15, 0.2) is 77.3 Å². The molecule has 4 aromatic rings. The summed E-state index contributed by atoms with van der Waals surface area (Å²) in [6.45, 7) is 18.1. The van der Waals surface area contributed by atoms with Gasteiger partial charge in [-0.05, 0) is 154 Å². The van der Waals surface area contributed by atoms with Crippen molar-refractivity contribution in [2.75, 3.05) is 63.5 Å². The van der Waals surface area contributed by atoms with Crippen molar-refractivity contribution >= 4 is 63.6 Å². The van der Waals surface area contributed by atoms with Gasteiger partial charge in [0.2, 0.25) is 11.8 Å². The van der Waals surface area contributed by atoms with Gasteiger partial charge in [0, 0.05) is 75.0 Å². The van der Waals surface area contributed by atoms with Gasteiger partial charge in [-0.1, -0.05) is 93.9 Å². The largest absolute Gasteiger partial charge is 0.497 e. The fourth-order valence-electron chi connectivity index (χ4n) is 18.3. The maximum atomic E-state index is 14.1. The Hall–Kier alpha value is -5.98. The van der Waals surface area contributed by atoms with Gasteiger partial charge < -0.3 is 80.8 Å². The first kappa shape index (κ1) is 76.7. The number of aliphatic hydroxyl groups excluding tert-OH is 6. The second-order valence-electron chi connectivity index (χ2n) is 30.3. The van der Waals surface area contributed by atoms with Gasteiger partial charge >= 0.3 is 19.1 Å². The van der Waals surface area contributed by atoms with E-state index in [4.69, 9.17) is 24.3 Å². The highest BCUT2D eigenvalue weighted by atomic mass is 79.9. The molecule has 4 saturated heterocycles. The first-order valence-corrected chi connectivity index (χ1v) is 36.2. The molecule has 0 radical (unpaired) electrons. The van der Waals surface area contributed by atoms with E-state index in [0.29, 0.717) is 68.9 Å². The first-order valence-electron chi connectivity index (χ1n) is 35.4. The molecular weight excluding hydrogens is 1350 g/mol. The molecule has 4 bridgehead atoms. The van der Waals surface area contributed by atoms with Crippen LogP contribution in [0.25, 0.3) is 11.1 Å². The predicted molar refractivity (Wildman–Crippen MR) is 379 cm³/mol. The molecule has 14 rings (SSSR count). The monoisotopic (exact) mass is 1450 g/mol. The molecule has 3 unspecified atom stereocenters. The first-order chi connectivity index (χ1) is 47.5. The van der Waals surface area contributed by atoms with Crippen LogP contribution in [0, 0.1) is 58.2 Å². The van der Waals surface area contributed by atoms with E-state index in [1.807, 2.05) is 30.3 Å². The molecule has 4 aliphatic heterocycles. The van der Waals surface area contributed by atoms with Crippen LogP contribution in [-0.4, -0.2) is 206 Å². The number of fused-ring (bicyclic) bond motifs is 4. The maximum absolute atomic E-state index is 14.1. The van der Waals surface area contributed by atoms with Crippen molar-refractivity contribution in [1.82, 2.24) is 20.8 Å². The Labute approximate surface area is 595 Å². The lowest BCUT2D eigenvalue weighted by atomic mass is 9.45. The number of anilines is 2. The van der Waals surface area contributed by atoms with Crippen LogP contribution in [0.5, 0.6) is 11.5 Å². The van der Waals surface area contributed by atoms with Crippen LogP contribution in [-0.2, 0) is 32.4 Å². The number of nitrogens with zero attached hydrogens (tertiary/aromatic N) is 4. The molecule has 0 spiro atoms. The molecule has 548 valence electrons. The number of hydroxylamine groups is 4. The van der Waals surface area contributed by atoms with Crippen molar-refractivity contribution in [3.63, 3.8) is 0 Å². The quantitative estimate of drug-likeness (QED) is 0.0412. The van der Waals surface area contributed by atoms with Gasteiger partial charge in [-0.25, -0.2) is 9.59 Å². The highest BCUT2D eigenvalue weighted by Gasteiger charge is 2.59. The van der Waals surface area contributed by atoms with Crippen molar-refractivity contribution < 1.29 is 89.2 Å². The number of carboxylic acids is 2. The molecule has 10 fully saturated rings. The number of carbonyl (C=O) groups is 4. The molecule has 4 aromatic carbocycles. The fourth-order valence-corrected chi connectivity index (χ4v) is 18.8. The summed E-state index contributed by atoms with van der Waals surface area (Å²) in [6, 6.07) is 19.3. The van der Waals surface area contributed by atoms with E-state index in [-0.39, 0.29) is 103 Å². The Morgan fingerprint density at radius 2 is 1.06 bits per heavy atom. The minimum atomic E-state index is -1.72. The van der Waals surface area contributed by atoms with Crippen molar-refractivity contribution in [1.29, 1.82) is 0 Å². The van der Waals surface area contributed by atoms with Gasteiger partial charge in [0.25, 0.3) is 0 Å². The van der Waals surface area contributed by atoms with Crippen LogP contribution in [0.4, 0.5) is 11.4 Å². The van der Waals surface area contributed by atoms with Crippen molar-refractivity contribution in [3.05, 3.63) is 99.5 Å². The summed E-state index contributed by atoms with van der Waals surface area (Å²) in [7, 11) is 1.27. The predicted octanol–water partition coefficient (Wildman–Crippen LogP) is 5.83. The third-order valence-corrected chi connectivity index (χ3v) is 24.6. The molecular formula is C74H104BBrN6O18. The van der Waals surface area contributed by atoms with Gasteiger partial charge in [-0.15, -0.1) is 0 Å². The Morgan fingerprint density at radius 3 is 1.46 bits per heavy atom. The van der Waals surface area contributed by atoms with Gasteiger partial charge in [-0.3, -0.25) is 19.3 Å². The number of amides is 2. The summed E-state index contributed by atoms with van der Waals surface area (Å²) in [5.41, 5.74) is 5.34. The van der Waals surface area contributed by atoms with Crippen LogP contribution in [0.1, 0.15) is 139 Å². The lowest BCUT2D eigenvalue weighted by Crippen LogP contribution is -2.62. The van der Waals surface area contributed by atoms with Crippen LogP contribution < -0.4 is 35.4 Å². The van der Waals surface area contributed by atoms with E-state index in [0.717, 1.165) is 67.5 Å². The van der Waals surface area contributed by atoms with Gasteiger partial charge in [-0.2, -0.15) is 10.1 Å². The number of benzene rings is 4. The summed E-state index contributed by atoms with van der Waals surface area (Å²) >= 11 is 3.32. The van der Waals surface area contributed by atoms with E-state index in [1.54, 1.807) is 68.5 Å². The molecule has 6 aliphatic carbocycles.